The fourth-order valence-electron chi connectivity index (χ4n) is 1.64. The van der Waals surface area contributed by atoms with E-state index in [1.54, 1.807) is 6.92 Å². The molecule has 3 N–H and O–H groups in total. The van der Waals surface area contributed by atoms with Crippen LogP contribution in [-0.4, -0.2) is 23.9 Å². The molecule has 0 spiro atoms. The lowest BCUT2D eigenvalue weighted by molar-refractivity contribution is 0.145. The number of aliphatic hydroxyl groups excluding tert-OH is 1. The van der Waals surface area contributed by atoms with Gasteiger partial charge in [0.2, 0.25) is 0 Å². The molecule has 0 fully saturated rings. The highest BCUT2D eigenvalue weighted by molar-refractivity contribution is 5.41. The van der Waals surface area contributed by atoms with Crippen LogP contribution in [0.5, 0.6) is 5.75 Å². The molecule has 0 aliphatic carbocycles. The number of benzene rings is 1. The Bertz CT molecular complexity index is 405. The van der Waals surface area contributed by atoms with Gasteiger partial charge in [-0.05, 0) is 30.9 Å². The molecule has 0 bridgehead atoms. The van der Waals surface area contributed by atoms with E-state index >= 15 is 0 Å². The Morgan fingerprint density at radius 3 is 2.33 bits per heavy atom. The molecule has 18 heavy (non-hydrogen) atoms. The van der Waals surface area contributed by atoms with Crippen molar-refractivity contribution in [3.63, 3.8) is 0 Å². The first-order valence-electron chi connectivity index (χ1n) is 6.29. The normalized spacial score (nSPS) is 15.3. The van der Waals surface area contributed by atoms with Gasteiger partial charge >= 0.3 is 0 Å². The van der Waals surface area contributed by atoms with Gasteiger partial charge in [0.25, 0.3) is 0 Å². The predicted octanol–water partition coefficient (Wildman–Crippen LogP) is 2.38. The minimum absolute atomic E-state index is 0.0194. The molecule has 0 aromatic heterocycles. The number of aliphatic hydroxyl groups is 1. The van der Waals surface area contributed by atoms with Crippen LogP contribution >= 0.6 is 0 Å². The third-order valence-corrected chi connectivity index (χ3v) is 2.86. The monoisotopic (exact) mass is 251 g/mol. The SMILES string of the molecule is Cc1ccc(OCC(C)(N)CO)c(C(C)(C)C)c1. The van der Waals surface area contributed by atoms with Gasteiger partial charge in [0.1, 0.15) is 12.4 Å². The van der Waals surface area contributed by atoms with Crippen molar-refractivity contribution in [2.45, 2.75) is 45.6 Å². The van der Waals surface area contributed by atoms with Gasteiger partial charge in [-0.25, -0.2) is 0 Å². The maximum Gasteiger partial charge on any atom is 0.123 e. The van der Waals surface area contributed by atoms with E-state index in [1.807, 2.05) is 12.1 Å². The molecular weight excluding hydrogens is 226 g/mol. The van der Waals surface area contributed by atoms with Gasteiger partial charge in [-0.1, -0.05) is 38.5 Å². The van der Waals surface area contributed by atoms with E-state index in [0.29, 0.717) is 6.61 Å². The molecule has 0 saturated carbocycles. The van der Waals surface area contributed by atoms with Crippen LogP contribution in [0.25, 0.3) is 0 Å². The van der Waals surface area contributed by atoms with E-state index < -0.39 is 5.54 Å². The Kier molecular flexibility index (Phi) is 4.41. The fraction of sp³-hybridized carbons (Fsp3) is 0.600. The van der Waals surface area contributed by atoms with Crippen molar-refractivity contribution in [1.82, 2.24) is 0 Å². The van der Waals surface area contributed by atoms with E-state index in [9.17, 15) is 0 Å². The first-order valence-corrected chi connectivity index (χ1v) is 6.29. The Morgan fingerprint density at radius 2 is 1.83 bits per heavy atom. The highest BCUT2D eigenvalue weighted by Crippen LogP contribution is 2.32. The lowest BCUT2D eigenvalue weighted by Gasteiger charge is -2.27. The number of hydrogen-bond donors (Lipinski definition) is 2. The maximum absolute atomic E-state index is 9.14. The molecule has 0 saturated heterocycles. The molecule has 1 unspecified atom stereocenters. The van der Waals surface area contributed by atoms with Gasteiger partial charge < -0.3 is 15.6 Å². The van der Waals surface area contributed by atoms with Crippen molar-refractivity contribution < 1.29 is 9.84 Å². The van der Waals surface area contributed by atoms with Gasteiger partial charge in [0, 0.05) is 0 Å². The summed E-state index contributed by atoms with van der Waals surface area (Å²) >= 11 is 0. The number of nitrogens with two attached hydrogens (primary N) is 1. The molecule has 102 valence electrons. The number of ether oxygens (including phenoxy) is 1. The average Bonchev–Trinajstić information content (AvgIpc) is 2.26. The van der Waals surface area contributed by atoms with E-state index in [4.69, 9.17) is 15.6 Å². The highest BCUT2D eigenvalue weighted by Gasteiger charge is 2.22. The maximum atomic E-state index is 9.14. The quantitative estimate of drug-likeness (QED) is 0.864. The summed E-state index contributed by atoms with van der Waals surface area (Å²) < 4.78 is 5.79. The topological polar surface area (TPSA) is 55.5 Å². The summed E-state index contributed by atoms with van der Waals surface area (Å²) in [5.74, 6) is 0.846. The Balaban J connectivity index is 2.96. The van der Waals surface area contributed by atoms with Gasteiger partial charge in [0.05, 0.1) is 12.1 Å². The second-order valence-electron chi connectivity index (χ2n) is 6.35. The summed E-state index contributed by atoms with van der Waals surface area (Å²) in [5.41, 5.74) is 7.57. The molecule has 3 heteroatoms. The van der Waals surface area contributed by atoms with Crippen LogP contribution in [0.4, 0.5) is 0 Å². The standard InChI is InChI=1S/C15H25NO2/c1-11-6-7-13(12(8-11)14(2,3)4)18-10-15(5,16)9-17/h6-8,17H,9-10,16H2,1-5H3. The lowest BCUT2D eigenvalue weighted by Crippen LogP contribution is -2.46. The lowest BCUT2D eigenvalue weighted by atomic mass is 9.85. The zero-order valence-electron chi connectivity index (χ0n) is 12.1. The van der Waals surface area contributed by atoms with Gasteiger partial charge in [-0.3, -0.25) is 0 Å². The van der Waals surface area contributed by atoms with Crippen molar-refractivity contribution in [3.05, 3.63) is 29.3 Å². The number of rotatable bonds is 4. The molecule has 3 nitrogen and oxygen atoms in total. The largest absolute Gasteiger partial charge is 0.491 e. The first kappa shape index (κ1) is 15.0. The molecule has 1 aromatic rings. The summed E-state index contributed by atoms with van der Waals surface area (Å²) in [7, 11) is 0. The van der Waals surface area contributed by atoms with Crippen molar-refractivity contribution in [1.29, 1.82) is 0 Å². The Morgan fingerprint density at radius 1 is 1.22 bits per heavy atom. The molecule has 1 rings (SSSR count). The molecule has 0 heterocycles. The van der Waals surface area contributed by atoms with Gasteiger partial charge in [0.15, 0.2) is 0 Å². The third-order valence-electron chi connectivity index (χ3n) is 2.86. The highest BCUT2D eigenvalue weighted by atomic mass is 16.5. The summed E-state index contributed by atoms with van der Waals surface area (Å²) in [6.45, 7) is 10.5. The zero-order valence-corrected chi connectivity index (χ0v) is 12.1. The van der Waals surface area contributed by atoms with Crippen LogP contribution in [0.1, 0.15) is 38.8 Å². The van der Waals surface area contributed by atoms with Crippen molar-refractivity contribution in [2.24, 2.45) is 5.73 Å². The second kappa shape index (κ2) is 5.29. The number of aryl methyl sites for hydroxylation is 1. The third kappa shape index (κ3) is 4.00. The van der Waals surface area contributed by atoms with Crippen LogP contribution in [0, 0.1) is 6.92 Å². The molecule has 0 aliphatic heterocycles. The van der Waals surface area contributed by atoms with E-state index in [-0.39, 0.29) is 12.0 Å². The zero-order chi connectivity index (χ0) is 14.0. The summed E-state index contributed by atoms with van der Waals surface area (Å²) in [6, 6.07) is 6.14. The second-order valence-corrected chi connectivity index (χ2v) is 6.35. The Labute approximate surface area is 110 Å². The number of hydrogen-bond acceptors (Lipinski definition) is 3. The van der Waals surface area contributed by atoms with Crippen LogP contribution in [0.2, 0.25) is 0 Å². The van der Waals surface area contributed by atoms with E-state index in [1.165, 1.54) is 5.56 Å². The van der Waals surface area contributed by atoms with Crippen LogP contribution in [0.3, 0.4) is 0 Å². The van der Waals surface area contributed by atoms with Crippen LogP contribution in [-0.2, 0) is 5.41 Å². The minimum atomic E-state index is -0.708. The smallest absolute Gasteiger partial charge is 0.123 e. The van der Waals surface area contributed by atoms with Crippen molar-refractivity contribution in [3.8, 4) is 5.75 Å². The van der Waals surface area contributed by atoms with Gasteiger partial charge in [-0.2, -0.15) is 0 Å². The fourth-order valence-corrected chi connectivity index (χ4v) is 1.64. The van der Waals surface area contributed by atoms with Crippen LogP contribution in [0.15, 0.2) is 18.2 Å². The van der Waals surface area contributed by atoms with Crippen molar-refractivity contribution >= 4 is 0 Å². The van der Waals surface area contributed by atoms with E-state index in [0.717, 1.165) is 11.3 Å². The predicted molar refractivity (Wildman–Crippen MR) is 75.1 cm³/mol. The summed E-state index contributed by atoms with van der Waals surface area (Å²) in [4.78, 5) is 0. The average molecular weight is 251 g/mol. The summed E-state index contributed by atoms with van der Waals surface area (Å²) in [5, 5.41) is 9.14. The molecule has 0 aliphatic rings. The minimum Gasteiger partial charge on any atom is -0.491 e. The van der Waals surface area contributed by atoms with Gasteiger partial charge in [-0.15, -0.1) is 0 Å². The Hall–Kier alpha value is -1.06. The molecule has 0 radical (unpaired) electrons. The summed E-state index contributed by atoms with van der Waals surface area (Å²) in [6.07, 6.45) is 0. The molecular formula is C15H25NO2. The molecule has 1 aromatic carbocycles. The van der Waals surface area contributed by atoms with Crippen LogP contribution < -0.4 is 10.5 Å². The molecule has 1 atom stereocenters. The van der Waals surface area contributed by atoms with E-state index in [2.05, 4.69) is 33.8 Å². The first-order chi connectivity index (χ1) is 8.15. The molecule has 0 amide bonds. The van der Waals surface area contributed by atoms with Crippen molar-refractivity contribution in [2.75, 3.05) is 13.2 Å².